The van der Waals surface area contributed by atoms with E-state index in [1.165, 1.54) is 6.42 Å². The summed E-state index contributed by atoms with van der Waals surface area (Å²) < 4.78 is 5.81. The van der Waals surface area contributed by atoms with Gasteiger partial charge < -0.3 is 4.42 Å². The van der Waals surface area contributed by atoms with Crippen LogP contribution in [0.4, 0.5) is 0 Å². The second kappa shape index (κ2) is 5.86. The number of furan rings is 1. The van der Waals surface area contributed by atoms with E-state index in [2.05, 4.69) is 6.92 Å². The standard InChI is InChI=1S/C17H16Cl2O2/c1-10-8-13(10)17-7-4-12(21-17)3-6-16(20)14-9-11(18)2-5-15(14)19/h2,4-5,7,9-10,13H,3,6,8H2,1H3/t10-,13-/m1/s1. The Morgan fingerprint density at radius 3 is 2.76 bits per heavy atom. The second-order valence-electron chi connectivity index (χ2n) is 5.67. The van der Waals surface area contributed by atoms with Gasteiger partial charge in [0.15, 0.2) is 5.78 Å². The van der Waals surface area contributed by atoms with Crippen molar-refractivity contribution in [1.29, 1.82) is 0 Å². The molecule has 0 N–H and O–H groups in total. The molecule has 1 aliphatic carbocycles. The number of carbonyl (C=O) groups excluding carboxylic acids is 1. The summed E-state index contributed by atoms with van der Waals surface area (Å²) in [6.45, 7) is 2.22. The third kappa shape index (κ3) is 3.33. The lowest BCUT2D eigenvalue weighted by atomic mass is 10.1. The minimum Gasteiger partial charge on any atom is -0.466 e. The Kier molecular flexibility index (Phi) is 4.10. The number of aryl methyl sites for hydroxylation is 1. The molecule has 1 heterocycles. The zero-order chi connectivity index (χ0) is 15.0. The van der Waals surface area contributed by atoms with Crippen molar-refractivity contribution in [2.45, 2.75) is 32.1 Å². The first-order valence-corrected chi connectivity index (χ1v) is 7.87. The predicted octanol–water partition coefficient (Wildman–Crippen LogP) is 5.53. The third-order valence-corrected chi connectivity index (χ3v) is 4.55. The summed E-state index contributed by atoms with van der Waals surface area (Å²) >= 11 is 11.9. The third-order valence-electron chi connectivity index (χ3n) is 3.98. The van der Waals surface area contributed by atoms with Gasteiger partial charge in [0.1, 0.15) is 11.5 Å². The van der Waals surface area contributed by atoms with Gasteiger partial charge in [0.05, 0.1) is 5.02 Å². The Morgan fingerprint density at radius 2 is 2.05 bits per heavy atom. The molecule has 1 saturated carbocycles. The highest BCUT2D eigenvalue weighted by atomic mass is 35.5. The summed E-state index contributed by atoms with van der Waals surface area (Å²) in [5.74, 6) is 3.18. The first kappa shape index (κ1) is 14.7. The van der Waals surface area contributed by atoms with Gasteiger partial charge in [-0.3, -0.25) is 4.79 Å². The number of hydrogen-bond donors (Lipinski definition) is 0. The normalized spacial score (nSPS) is 20.5. The average molecular weight is 323 g/mol. The Labute approximate surface area is 134 Å². The Balaban J connectivity index is 1.63. The highest BCUT2D eigenvalue weighted by molar-refractivity contribution is 6.35. The van der Waals surface area contributed by atoms with E-state index >= 15 is 0 Å². The van der Waals surface area contributed by atoms with Crippen molar-refractivity contribution in [3.63, 3.8) is 0 Å². The minimum absolute atomic E-state index is 0.0137. The Hall–Kier alpha value is -1.25. The number of ketones is 1. The maximum absolute atomic E-state index is 12.2. The molecule has 0 radical (unpaired) electrons. The molecular weight excluding hydrogens is 307 g/mol. The van der Waals surface area contributed by atoms with Crippen LogP contribution in [0.25, 0.3) is 0 Å². The van der Waals surface area contributed by atoms with E-state index in [0.29, 0.717) is 34.4 Å². The highest BCUT2D eigenvalue weighted by Gasteiger charge is 2.36. The fourth-order valence-electron chi connectivity index (χ4n) is 2.53. The lowest BCUT2D eigenvalue weighted by Crippen LogP contribution is -2.01. The van der Waals surface area contributed by atoms with Crippen LogP contribution in [-0.4, -0.2) is 5.78 Å². The maximum atomic E-state index is 12.2. The Bertz CT molecular complexity index is 675. The molecule has 1 aromatic carbocycles. The maximum Gasteiger partial charge on any atom is 0.164 e. The van der Waals surface area contributed by atoms with Gasteiger partial charge >= 0.3 is 0 Å². The zero-order valence-corrected chi connectivity index (χ0v) is 13.2. The van der Waals surface area contributed by atoms with Gasteiger partial charge in [-0.05, 0) is 42.7 Å². The topological polar surface area (TPSA) is 30.2 Å². The lowest BCUT2D eigenvalue weighted by Gasteiger charge is -2.03. The van der Waals surface area contributed by atoms with E-state index in [4.69, 9.17) is 27.6 Å². The van der Waals surface area contributed by atoms with Crippen molar-refractivity contribution in [2.24, 2.45) is 5.92 Å². The number of hydrogen-bond acceptors (Lipinski definition) is 2. The van der Waals surface area contributed by atoms with Gasteiger partial charge in [0.2, 0.25) is 0 Å². The molecule has 3 rings (SSSR count). The largest absolute Gasteiger partial charge is 0.466 e. The van der Waals surface area contributed by atoms with Crippen molar-refractivity contribution < 1.29 is 9.21 Å². The number of Topliss-reactive ketones (excluding diaryl/α,β-unsaturated/α-hetero) is 1. The second-order valence-corrected chi connectivity index (χ2v) is 6.51. The van der Waals surface area contributed by atoms with E-state index in [1.807, 2.05) is 12.1 Å². The molecule has 0 unspecified atom stereocenters. The van der Waals surface area contributed by atoms with Crippen molar-refractivity contribution in [3.8, 4) is 0 Å². The van der Waals surface area contributed by atoms with Crippen LogP contribution in [0, 0.1) is 5.92 Å². The summed E-state index contributed by atoms with van der Waals surface area (Å²) in [6, 6.07) is 8.94. The predicted molar refractivity (Wildman–Crippen MR) is 84.3 cm³/mol. The summed E-state index contributed by atoms with van der Waals surface area (Å²) in [4.78, 5) is 12.2. The number of benzene rings is 1. The van der Waals surface area contributed by atoms with Crippen molar-refractivity contribution >= 4 is 29.0 Å². The number of rotatable bonds is 5. The molecule has 2 nitrogen and oxygen atoms in total. The number of carbonyl (C=O) groups is 1. The van der Waals surface area contributed by atoms with E-state index in [1.54, 1.807) is 18.2 Å². The summed E-state index contributed by atoms with van der Waals surface area (Å²) in [5.41, 5.74) is 0.478. The van der Waals surface area contributed by atoms with Crippen LogP contribution >= 0.6 is 23.2 Å². The van der Waals surface area contributed by atoms with Crippen LogP contribution in [0.15, 0.2) is 34.7 Å². The summed E-state index contributed by atoms with van der Waals surface area (Å²) in [5, 5.41) is 0.960. The molecule has 2 atom stereocenters. The molecule has 1 aliphatic rings. The molecule has 1 aromatic heterocycles. The van der Waals surface area contributed by atoms with Crippen LogP contribution in [0.2, 0.25) is 10.0 Å². The highest BCUT2D eigenvalue weighted by Crippen LogP contribution is 2.47. The van der Waals surface area contributed by atoms with Gasteiger partial charge in [0, 0.05) is 29.3 Å². The van der Waals surface area contributed by atoms with Gasteiger partial charge in [-0.15, -0.1) is 0 Å². The quantitative estimate of drug-likeness (QED) is 0.678. The van der Waals surface area contributed by atoms with E-state index < -0.39 is 0 Å². The average Bonchev–Trinajstić information content (AvgIpc) is 3.01. The van der Waals surface area contributed by atoms with Crippen LogP contribution in [0.1, 0.15) is 47.6 Å². The fourth-order valence-corrected chi connectivity index (χ4v) is 2.92. The monoisotopic (exact) mass is 322 g/mol. The van der Waals surface area contributed by atoms with Gasteiger partial charge in [-0.25, -0.2) is 0 Å². The zero-order valence-electron chi connectivity index (χ0n) is 11.7. The van der Waals surface area contributed by atoms with Crippen LogP contribution in [0.3, 0.4) is 0 Å². The van der Waals surface area contributed by atoms with Crippen molar-refractivity contribution in [2.75, 3.05) is 0 Å². The van der Waals surface area contributed by atoms with Crippen molar-refractivity contribution in [3.05, 3.63) is 57.5 Å². The summed E-state index contributed by atoms with van der Waals surface area (Å²) in [7, 11) is 0. The molecule has 0 amide bonds. The van der Waals surface area contributed by atoms with Crippen LogP contribution < -0.4 is 0 Å². The molecule has 110 valence electrons. The molecular formula is C17H16Cl2O2. The van der Waals surface area contributed by atoms with E-state index in [9.17, 15) is 4.79 Å². The van der Waals surface area contributed by atoms with E-state index in [-0.39, 0.29) is 5.78 Å². The molecule has 1 fully saturated rings. The lowest BCUT2D eigenvalue weighted by molar-refractivity contribution is 0.0981. The van der Waals surface area contributed by atoms with Gasteiger partial charge in [0.25, 0.3) is 0 Å². The molecule has 0 spiro atoms. The molecule has 0 aliphatic heterocycles. The van der Waals surface area contributed by atoms with Crippen LogP contribution in [-0.2, 0) is 6.42 Å². The first-order valence-electron chi connectivity index (χ1n) is 7.11. The number of halogens is 2. The van der Waals surface area contributed by atoms with Crippen LogP contribution in [0.5, 0.6) is 0 Å². The summed E-state index contributed by atoms with van der Waals surface area (Å²) in [6.07, 6.45) is 2.15. The smallest absolute Gasteiger partial charge is 0.164 e. The van der Waals surface area contributed by atoms with Crippen molar-refractivity contribution in [1.82, 2.24) is 0 Å². The SMILES string of the molecule is C[C@@H]1C[C@H]1c1ccc(CCC(=O)c2cc(Cl)ccc2Cl)o1. The molecule has 4 heteroatoms. The first-order chi connectivity index (χ1) is 10.0. The van der Waals surface area contributed by atoms with Gasteiger partial charge in [-0.1, -0.05) is 30.1 Å². The minimum atomic E-state index is -0.0137. The van der Waals surface area contributed by atoms with Gasteiger partial charge in [-0.2, -0.15) is 0 Å². The molecule has 21 heavy (non-hydrogen) atoms. The van der Waals surface area contributed by atoms with E-state index in [0.717, 1.165) is 17.4 Å². The molecule has 0 saturated heterocycles. The Morgan fingerprint density at radius 1 is 1.29 bits per heavy atom. The fraction of sp³-hybridized carbons (Fsp3) is 0.353. The molecule has 0 bridgehead atoms. The molecule has 2 aromatic rings.